The number of phenols is 1. The van der Waals surface area contributed by atoms with Crippen LogP contribution in [0.5, 0.6) is 5.75 Å². The molecule has 0 saturated carbocycles. The molecule has 2 saturated heterocycles. The number of aromatic nitrogens is 4. The largest absolute Gasteiger partial charge is 0.507 e. The summed E-state index contributed by atoms with van der Waals surface area (Å²) in [6, 6.07) is 8.85. The molecule has 4 heterocycles. The van der Waals surface area contributed by atoms with Gasteiger partial charge in [-0.3, -0.25) is 0 Å². The molecule has 3 atom stereocenters. The van der Waals surface area contributed by atoms with Crippen LogP contribution in [0.1, 0.15) is 37.1 Å². The number of fused-ring (bicyclic) bond motifs is 2. The molecule has 2 bridgehead atoms. The van der Waals surface area contributed by atoms with Gasteiger partial charge >= 0.3 is 0 Å². The number of thiazole rings is 1. The zero-order chi connectivity index (χ0) is 21.4. The van der Waals surface area contributed by atoms with E-state index >= 15 is 0 Å². The lowest BCUT2D eigenvalue weighted by molar-refractivity contribution is 0.219. The van der Waals surface area contributed by atoms with Gasteiger partial charge in [0.25, 0.3) is 0 Å². The van der Waals surface area contributed by atoms with Gasteiger partial charge in [-0.25, -0.2) is 9.97 Å². The van der Waals surface area contributed by atoms with Gasteiger partial charge in [-0.15, -0.1) is 21.5 Å². The first-order chi connectivity index (χ1) is 15.1. The SMILES string of the molecule is CN(c1cnc(-c2ccc(-c3csc(C#N)n3)cc2O)nn1)[C@@H]1C[C@H]2CCC[C@@H](C1)N2. The quantitative estimate of drug-likeness (QED) is 0.644. The van der Waals surface area contributed by atoms with Gasteiger partial charge in [-0.05, 0) is 37.8 Å². The highest BCUT2D eigenvalue weighted by Gasteiger charge is 2.33. The van der Waals surface area contributed by atoms with E-state index in [0.717, 1.165) is 24.2 Å². The molecule has 158 valence electrons. The van der Waals surface area contributed by atoms with Crippen LogP contribution in [0.3, 0.4) is 0 Å². The lowest BCUT2D eigenvalue weighted by Crippen LogP contribution is -2.54. The Hall–Kier alpha value is -3.09. The van der Waals surface area contributed by atoms with E-state index in [1.54, 1.807) is 23.7 Å². The van der Waals surface area contributed by atoms with E-state index in [0.29, 0.717) is 40.2 Å². The molecular formula is C22H23N7OS. The standard InChI is InChI=1S/C22H23N7OS/c1-29(16-8-14-3-2-4-15(9-16)25-14)20-11-24-22(28-27-20)17-6-5-13(7-19(17)30)18-12-31-21(10-23)26-18/h5-7,11-12,14-16,25,30H,2-4,8-9H2,1H3/t14-,15+,16-. The third kappa shape index (κ3) is 3.96. The first-order valence-electron chi connectivity index (χ1n) is 10.5. The molecule has 2 aliphatic rings. The number of nitrogens with one attached hydrogen (secondary N) is 1. The van der Waals surface area contributed by atoms with Gasteiger partial charge in [-0.1, -0.05) is 12.5 Å². The van der Waals surface area contributed by atoms with Crippen LogP contribution in [0.25, 0.3) is 22.6 Å². The molecule has 0 unspecified atom stereocenters. The second-order valence-electron chi connectivity index (χ2n) is 8.25. The maximum Gasteiger partial charge on any atom is 0.194 e. The number of hydrogen-bond acceptors (Lipinski definition) is 9. The van der Waals surface area contributed by atoms with Crippen molar-refractivity contribution in [2.75, 3.05) is 11.9 Å². The number of anilines is 1. The van der Waals surface area contributed by atoms with Crippen molar-refractivity contribution in [3.05, 3.63) is 34.8 Å². The molecule has 0 amide bonds. The summed E-state index contributed by atoms with van der Waals surface area (Å²) in [5.74, 6) is 1.17. The Labute approximate surface area is 184 Å². The highest BCUT2D eigenvalue weighted by molar-refractivity contribution is 7.10. The lowest BCUT2D eigenvalue weighted by Gasteiger charge is -2.43. The van der Waals surface area contributed by atoms with E-state index in [4.69, 9.17) is 5.26 Å². The average molecular weight is 434 g/mol. The van der Waals surface area contributed by atoms with Crippen LogP contribution < -0.4 is 10.2 Å². The lowest BCUT2D eigenvalue weighted by atomic mass is 9.83. The summed E-state index contributed by atoms with van der Waals surface area (Å²) in [5.41, 5.74) is 1.91. The molecule has 2 aromatic heterocycles. The molecule has 2 fully saturated rings. The minimum absolute atomic E-state index is 0.0538. The number of nitrogens with zero attached hydrogens (tertiary/aromatic N) is 6. The first-order valence-corrected chi connectivity index (χ1v) is 11.4. The molecule has 1 aromatic carbocycles. The summed E-state index contributed by atoms with van der Waals surface area (Å²) in [6.45, 7) is 0. The number of hydrogen-bond donors (Lipinski definition) is 2. The average Bonchev–Trinajstić information content (AvgIpc) is 3.28. The van der Waals surface area contributed by atoms with Gasteiger partial charge in [0.15, 0.2) is 16.6 Å². The minimum Gasteiger partial charge on any atom is -0.507 e. The van der Waals surface area contributed by atoms with Crippen molar-refractivity contribution < 1.29 is 5.11 Å². The Kier molecular flexibility index (Phi) is 5.26. The summed E-state index contributed by atoms with van der Waals surface area (Å²) < 4.78 is 0. The second-order valence-corrected chi connectivity index (χ2v) is 9.11. The van der Waals surface area contributed by atoms with E-state index in [1.807, 2.05) is 12.1 Å². The summed E-state index contributed by atoms with van der Waals surface area (Å²) >= 11 is 1.27. The van der Waals surface area contributed by atoms with Crippen molar-refractivity contribution in [2.24, 2.45) is 0 Å². The van der Waals surface area contributed by atoms with Crippen LogP contribution in [0, 0.1) is 11.3 Å². The van der Waals surface area contributed by atoms with E-state index in [2.05, 4.69) is 37.4 Å². The Bertz CT molecular complexity index is 1110. The third-order valence-electron chi connectivity index (χ3n) is 6.28. The van der Waals surface area contributed by atoms with Crippen LogP contribution >= 0.6 is 11.3 Å². The van der Waals surface area contributed by atoms with Crippen molar-refractivity contribution >= 4 is 17.2 Å². The van der Waals surface area contributed by atoms with Crippen LogP contribution in [-0.4, -0.2) is 50.4 Å². The van der Waals surface area contributed by atoms with Gasteiger partial charge in [0.05, 0.1) is 17.5 Å². The molecular weight excluding hydrogens is 410 g/mol. The zero-order valence-electron chi connectivity index (χ0n) is 17.2. The molecule has 3 aromatic rings. The Morgan fingerprint density at radius 2 is 2.03 bits per heavy atom. The summed E-state index contributed by atoms with van der Waals surface area (Å²) in [6.07, 6.45) is 7.77. The van der Waals surface area contributed by atoms with Crippen LogP contribution in [0.4, 0.5) is 5.82 Å². The summed E-state index contributed by atoms with van der Waals surface area (Å²) in [7, 11) is 2.06. The molecule has 0 spiro atoms. The topological polar surface area (TPSA) is 111 Å². The van der Waals surface area contributed by atoms with Gasteiger partial charge in [0.2, 0.25) is 0 Å². The number of rotatable bonds is 4. The highest BCUT2D eigenvalue weighted by Crippen LogP contribution is 2.33. The van der Waals surface area contributed by atoms with Crippen LogP contribution in [0.2, 0.25) is 0 Å². The smallest absolute Gasteiger partial charge is 0.194 e. The second kappa shape index (κ2) is 8.21. The summed E-state index contributed by atoms with van der Waals surface area (Å²) in [5, 5.41) is 34.1. The van der Waals surface area contributed by atoms with Crippen molar-refractivity contribution in [1.29, 1.82) is 5.26 Å². The Morgan fingerprint density at radius 3 is 2.68 bits per heavy atom. The highest BCUT2D eigenvalue weighted by atomic mass is 32.1. The predicted octanol–water partition coefficient (Wildman–Crippen LogP) is 3.35. The van der Waals surface area contributed by atoms with Gasteiger partial charge < -0.3 is 15.3 Å². The van der Waals surface area contributed by atoms with Crippen molar-refractivity contribution in [2.45, 2.75) is 50.2 Å². The zero-order valence-corrected chi connectivity index (χ0v) is 18.0. The van der Waals surface area contributed by atoms with Crippen molar-refractivity contribution in [3.8, 4) is 34.5 Å². The van der Waals surface area contributed by atoms with Gasteiger partial charge in [-0.2, -0.15) is 5.26 Å². The number of phenolic OH excluding ortho intramolecular Hbond substituents is 1. The fourth-order valence-corrected chi connectivity index (χ4v) is 5.25. The molecule has 5 rings (SSSR count). The van der Waals surface area contributed by atoms with E-state index < -0.39 is 0 Å². The third-order valence-corrected chi connectivity index (χ3v) is 7.03. The van der Waals surface area contributed by atoms with E-state index in [1.165, 1.54) is 30.6 Å². The number of aromatic hydroxyl groups is 1. The normalized spacial score (nSPS) is 22.6. The van der Waals surface area contributed by atoms with Crippen molar-refractivity contribution in [3.63, 3.8) is 0 Å². The fourth-order valence-electron chi connectivity index (χ4n) is 4.63. The molecule has 9 heteroatoms. The fraction of sp³-hybridized carbons (Fsp3) is 0.409. The number of piperidine rings is 2. The minimum atomic E-state index is 0.0538. The molecule has 8 nitrogen and oxygen atoms in total. The van der Waals surface area contributed by atoms with E-state index in [-0.39, 0.29) is 5.75 Å². The summed E-state index contributed by atoms with van der Waals surface area (Å²) in [4.78, 5) is 10.9. The Morgan fingerprint density at radius 1 is 1.23 bits per heavy atom. The van der Waals surface area contributed by atoms with Crippen LogP contribution in [-0.2, 0) is 0 Å². The Balaban J connectivity index is 1.33. The van der Waals surface area contributed by atoms with Crippen molar-refractivity contribution in [1.82, 2.24) is 25.5 Å². The molecule has 0 aliphatic carbocycles. The van der Waals surface area contributed by atoms with E-state index in [9.17, 15) is 5.11 Å². The molecule has 2 N–H and O–H groups in total. The maximum absolute atomic E-state index is 10.5. The maximum atomic E-state index is 10.5. The number of nitriles is 1. The molecule has 0 radical (unpaired) electrons. The predicted molar refractivity (Wildman–Crippen MR) is 119 cm³/mol. The van der Waals surface area contributed by atoms with Gasteiger partial charge in [0.1, 0.15) is 11.8 Å². The number of benzene rings is 1. The monoisotopic (exact) mass is 433 g/mol. The first kappa shape index (κ1) is 19.8. The molecule has 2 aliphatic heterocycles. The van der Waals surface area contributed by atoms with Gasteiger partial charge in [0, 0.05) is 36.1 Å². The molecule has 31 heavy (non-hydrogen) atoms. The van der Waals surface area contributed by atoms with Crippen LogP contribution in [0.15, 0.2) is 29.8 Å².